The van der Waals surface area contributed by atoms with Gasteiger partial charge in [-0.3, -0.25) is 0 Å². The SMILES string of the molecule is c1ccc(-c2ccc(-c3ccc(-c4ccc5c(c4)oc4cccc(-c6nc(-c7ccccc7)nc(-c7ccc(-c8ccccc8)cc7)n6)c45)cc3)cc2)cc1. The van der Waals surface area contributed by atoms with Crippen LogP contribution in [0.15, 0.2) is 205 Å². The van der Waals surface area contributed by atoms with E-state index in [-0.39, 0.29) is 0 Å². The standard InChI is InChI=1S/C51H33N3O/c1-4-11-34(12-5-1)36-19-21-38(22-20-36)39-23-25-40(26-24-39)43-31-32-44-47(33-43)55-46-18-10-17-45(48(44)46)51-53-49(41-15-8-3-9-16-41)52-50(54-51)42-29-27-37(28-30-42)35-13-6-2-7-14-35/h1-33H. The van der Waals surface area contributed by atoms with E-state index in [1.54, 1.807) is 0 Å². The smallest absolute Gasteiger partial charge is 0.164 e. The number of hydrogen-bond acceptors (Lipinski definition) is 4. The lowest BCUT2D eigenvalue weighted by molar-refractivity contribution is 0.669. The van der Waals surface area contributed by atoms with Gasteiger partial charge >= 0.3 is 0 Å². The lowest BCUT2D eigenvalue weighted by Gasteiger charge is -2.10. The molecule has 0 aliphatic heterocycles. The molecule has 0 fully saturated rings. The molecule has 0 bridgehead atoms. The van der Waals surface area contributed by atoms with Gasteiger partial charge in [0.15, 0.2) is 17.5 Å². The third kappa shape index (κ3) is 6.26. The fourth-order valence-electron chi connectivity index (χ4n) is 7.32. The Morgan fingerprint density at radius 2 is 0.655 bits per heavy atom. The molecule has 0 aliphatic carbocycles. The van der Waals surface area contributed by atoms with Gasteiger partial charge in [-0.1, -0.05) is 182 Å². The van der Waals surface area contributed by atoms with Crippen LogP contribution in [0.5, 0.6) is 0 Å². The normalized spacial score (nSPS) is 11.3. The van der Waals surface area contributed by atoms with Gasteiger partial charge in [-0.15, -0.1) is 0 Å². The summed E-state index contributed by atoms with van der Waals surface area (Å²) < 4.78 is 6.53. The molecule has 10 aromatic rings. The van der Waals surface area contributed by atoms with Gasteiger partial charge in [0.05, 0.1) is 0 Å². The molecular formula is C51H33N3O. The second-order valence-corrected chi connectivity index (χ2v) is 13.6. The van der Waals surface area contributed by atoms with Crippen molar-refractivity contribution in [2.75, 3.05) is 0 Å². The van der Waals surface area contributed by atoms with E-state index in [0.29, 0.717) is 17.5 Å². The molecule has 0 aliphatic rings. The Labute approximate surface area is 319 Å². The first kappa shape index (κ1) is 32.2. The first-order valence-corrected chi connectivity index (χ1v) is 18.4. The second kappa shape index (κ2) is 13.8. The summed E-state index contributed by atoms with van der Waals surface area (Å²) in [5, 5.41) is 1.99. The minimum Gasteiger partial charge on any atom is -0.456 e. The van der Waals surface area contributed by atoms with Crippen molar-refractivity contribution in [1.29, 1.82) is 0 Å². The second-order valence-electron chi connectivity index (χ2n) is 13.6. The molecular weight excluding hydrogens is 671 g/mol. The highest BCUT2D eigenvalue weighted by molar-refractivity contribution is 6.12. The summed E-state index contributed by atoms with van der Waals surface area (Å²) in [6, 6.07) is 69.4. The van der Waals surface area contributed by atoms with Crippen molar-refractivity contribution in [3.8, 4) is 78.7 Å². The van der Waals surface area contributed by atoms with Crippen molar-refractivity contribution < 1.29 is 4.42 Å². The average molecular weight is 704 g/mol. The van der Waals surface area contributed by atoms with Crippen LogP contribution in [-0.4, -0.2) is 15.0 Å². The molecule has 0 saturated carbocycles. The van der Waals surface area contributed by atoms with Gasteiger partial charge in [0.25, 0.3) is 0 Å². The van der Waals surface area contributed by atoms with Crippen molar-refractivity contribution in [3.05, 3.63) is 200 Å². The molecule has 0 amide bonds. The van der Waals surface area contributed by atoms with Crippen LogP contribution in [0.25, 0.3) is 101 Å². The maximum atomic E-state index is 6.53. The highest BCUT2D eigenvalue weighted by Crippen LogP contribution is 2.39. The summed E-state index contributed by atoms with van der Waals surface area (Å²) in [7, 11) is 0. The summed E-state index contributed by atoms with van der Waals surface area (Å²) in [4.78, 5) is 15.1. The van der Waals surface area contributed by atoms with Crippen molar-refractivity contribution in [2.45, 2.75) is 0 Å². The zero-order valence-corrected chi connectivity index (χ0v) is 29.8. The zero-order valence-electron chi connectivity index (χ0n) is 29.8. The molecule has 258 valence electrons. The quantitative estimate of drug-likeness (QED) is 0.166. The fraction of sp³-hybridized carbons (Fsp3) is 0. The molecule has 55 heavy (non-hydrogen) atoms. The highest BCUT2D eigenvalue weighted by atomic mass is 16.3. The molecule has 4 heteroatoms. The summed E-state index contributed by atoms with van der Waals surface area (Å²) in [5.41, 5.74) is 13.7. The minimum atomic E-state index is 0.598. The van der Waals surface area contributed by atoms with E-state index in [1.165, 1.54) is 27.8 Å². The number of aromatic nitrogens is 3. The lowest BCUT2D eigenvalue weighted by Crippen LogP contribution is -2.00. The molecule has 0 atom stereocenters. The Hall–Kier alpha value is -7.43. The molecule has 8 aromatic carbocycles. The molecule has 0 spiro atoms. The topological polar surface area (TPSA) is 51.8 Å². The van der Waals surface area contributed by atoms with Gasteiger partial charge in [0, 0.05) is 27.5 Å². The van der Waals surface area contributed by atoms with Crippen LogP contribution >= 0.6 is 0 Å². The van der Waals surface area contributed by atoms with Crippen LogP contribution in [0.1, 0.15) is 0 Å². The van der Waals surface area contributed by atoms with Gasteiger partial charge in [0.1, 0.15) is 11.2 Å². The Balaban J connectivity index is 1.01. The van der Waals surface area contributed by atoms with E-state index < -0.39 is 0 Å². The number of nitrogens with zero attached hydrogens (tertiary/aromatic N) is 3. The van der Waals surface area contributed by atoms with Crippen LogP contribution < -0.4 is 0 Å². The number of furan rings is 1. The van der Waals surface area contributed by atoms with Crippen molar-refractivity contribution in [2.24, 2.45) is 0 Å². The number of fused-ring (bicyclic) bond motifs is 3. The van der Waals surface area contributed by atoms with E-state index in [9.17, 15) is 0 Å². The Morgan fingerprint density at radius 1 is 0.273 bits per heavy atom. The molecule has 10 rings (SSSR count). The predicted octanol–water partition coefficient (Wildman–Crippen LogP) is 13.4. The molecule has 0 N–H and O–H groups in total. The maximum absolute atomic E-state index is 6.53. The summed E-state index contributed by atoms with van der Waals surface area (Å²) in [5.74, 6) is 1.84. The lowest BCUT2D eigenvalue weighted by atomic mass is 9.97. The van der Waals surface area contributed by atoms with Gasteiger partial charge in [-0.2, -0.15) is 0 Å². The minimum absolute atomic E-state index is 0.598. The van der Waals surface area contributed by atoms with Crippen LogP contribution in [0.4, 0.5) is 0 Å². The highest BCUT2D eigenvalue weighted by Gasteiger charge is 2.18. The average Bonchev–Trinajstić information content (AvgIpc) is 3.66. The van der Waals surface area contributed by atoms with Gasteiger partial charge in [0.2, 0.25) is 0 Å². The van der Waals surface area contributed by atoms with Gasteiger partial charge in [-0.05, 0) is 62.7 Å². The van der Waals surface area contributed by atoms with E-state index in [0.717, 1.165) is 55.3 Å². The van der Waals surface area contributed by atoms with Crippen molar-refractivity contribution in [3.63, 3.8) is 0 Å². The zero-order chi connectivity index (χ0) is 36.6. The third-order valence-corrected chi connectivity index (χ3v) is 10.2. The molecule has 2 heterocycles. The number of rotatable bonds is 7. The summed E-state index contributed by atoms with van der Waals surface area (Å²) in [6.45, 7) is 0. The van der Waals surface area contributed by atoms with Gasteiger partial charge in [-0.25, -0.2) is 15.0 Å². The summed E-state index contributed by atoms with van der Waals surface area (Å²) in [6.07, 6.45) is 0. The summed E-state index contributed by atoms with van der Waals surface area (Å²) >= 11 is 0. The van der Waals surface area contributed by atoms with Crippen LogP contribution in [0.2, 0.25) is 0 Å². The largest absolute Gasteiger partial charge is 0.456 e. The van der Waals surface area contributed by atoms with E-state index in [4.69, 9.17) is 19.4 Å². The number of hydrogen-bond donors (Lipinski definition) is 0. The molecule has 0 radical (unpaired) electrons. The van der Waals surface area contributed by atoms with E-state index in [2.05, 4.69) is 146 Å². The Kier molecular flexibility index (Phi) is 8.12. The maximum Gasteiger partial charge on any atom is 0.164 e. The monoisotopic (exact) mass is 703 g/mol. The van der Waals surface area contributed by atoms with E-state index >= 15 is 0 Å². The molecule has 0 saturated heterocycles. The molecule has 4 nitrogen and oxygen atoms in total. The van der Waals surface area contributed by atoms with Gasteiger partial charge < -0.3 is 4.42 Å². The third-order valence-electron chi connectivity index (χ3n) is 10.2. The Bertz CT molecular complexity index is 2920. The first-order chi connectivity index (χ1) is 27.2. The van der Waals surface area contributed by atoms with E-state index in [1.807, 2.05) is 54.6 Å². The van der Waals surface area contributed by atoms with Crippen molar-refractivity contribution >= 4 is 21.9 Å². The first-order valence-electron chi connectivity index (χ1n) is 18.4. The predicted molar refractivity (Wildman–Crippen MR) is 225 cm³/mol. The van der Waals surface area contributed by atoms with Crippen LogP contribution in [-0.2, 0) is 0 Å². The van der Waals surface area contributed by atoms with Crippen LogP contribution in [0, 0.1) is 0 Å². The van der Waals surface area contributed by atoms with Crippen LogP contribution in [0.3, 0.4) is 0 Å². The number of benzene rings is 8. The Morgan fingerprint density at radius 3 is 1.16 bits per heavy atom. The molecule has 0 unspecified atom stereocenters. The fourth-order valence-corrected chi connectivity index (χ4v) is 7.32. The molecule has 2 aromatic heterocycles. The van der Waals surface area contributed by atoms with Crippen molar-refractivity contribution in [1.82, 2.24) is 15.0 Å².